The Labute approximate surface area is 110 Å². The van der Waals surface area contributed by atoms with Crippen LogP contribution in [0.3, 0.4) is 0 Å². The highest BCUT2D eigenvalue weighted by Crippen LogP contribution is 2.58. The zero-order chi connectivity index (χ0) is 12.1. The molecule has 4 saturated carbocycles. The summed E-state index contributed by atoms with van der Waals surface area (Å²) in [5.41, 5.74) is 0. The standard InChI is InChI=1S/C16H25NO/c18-16(10-4-1-2-5-10)17-15-9-11-8-14(15)13-7-3-6-12(11)13/h10-15H,1-9H2,(H,17,18)/t11-,12+,13+,14+,15-/m1/s1. The Morgan fingerprint density at radius 3 is 2.44 bits per heavy atom. The van der Waals surface area contributed by atoms with Crippen LogP contribution in [0.25, 0.3) is 0 Å². The number of hydrogen-bond acceptors (Lipinski definition) is 1. The molecule has 0 saturated heterocycles. The fourth-order valence-corrected chi connectivity index (χ4v) is 5.72. The summed E-state index contributed by atoms with van der Waals surface area (Å²) in [6, 6.07) is 0.544. The van der Waals surface area contributed by atoms with E-state index in [1.54, 1.807) is 0 Å². The minimum atomic E-state index is 0.350. The first-order valence-electron chi connectivity index (χ1n) is 8.13. The summed E-state index contributed by atoms with van der Waals surface area (Å²) in [4.78, 5) is 12.3. The molecule has 0 aliphatic heterocycles. The predicted octanol–water partition coefficient (Wildman–Crippen LogP) is 3.12. The van der Waals surface area contributed by atoms with Crippen molar-refractivity contribution in [3.8, 4) is 0 Å². The average molecular weight is 247 g/mol. The van der Waals surface area contributed by atoms with Crippen molar-refractivity contribution in [2.45, 2.75) is 63.8 Å². The monoisotopic (exact) mass is 247 g/mol. The molecule has 2 heteroatoms. The lowest BCUT2D eigenvalue weighted by molar-refractivity contribution is -0.126. The Morgan fingerprint density at radius 2 is 1.61 bits per heavy atom. The molecule has 4 aliphatic rings. The second-order valence-corrected chi connectivity index (χ2v) is 7.25. The van der Waals surface area contributed by atoms with E-state index in [-0.39, 0.29) is 0 Å². The molecule has 0 radical (unpaired) electrons. The first kappa shape index (κ1) is 11.3. The molecule has 0 spiro atoms. The smallest absolute Gasteiger partial charge is 0.223 e. The van der Waals surface area contributed by atoms with Crippen molar-refractivity contribution in [2.75, 3.05) is 0 Å². The Balaban J connectivity index is 1.40. The molecule has 100 valence electrons. The van der Waals surface area contributed by atoms with Crippen LogP contribution in [0.4, 0.5) is 0 Å². The Hall–Kier alpha value is -0.530. The van der Waals surface area contributed by atoms with E-state index < -0.39 is 0 Å². The zero-order valence-electron chi connectivity index (χ0n) is 11.2. The molecule has 4 aliphatic carbocycles. The number of hydrogen-bond donors (Lipinski definition) is 1. The third-order valence-electron chi connectivity index (χ3n) is 6.48. The molecule has 4 rings (SSSR count). The number of carbonyl (C=O) groups excluding carboxylic acids is 1. The fourth-order valence-electron chi connectivity index (χ4n) is 5.72. The fraction of sp³-hybridized carbons (Fsp3) is 0.938. The second-order valence-electron chi connectivity index (χ2n) is 7.25. The molecule has 0 unspecified atom stereocenters. The summed E-state index contributed by atoms with van der Waals surface area (Å²) in [5.74, 6) is 4.54. The maximum Gasteiger partial charge on any atom is 0.223 e. The highest BCUT2D eigenvalue weighted by atomic mass is 16.1. The van der Waals surface area contributed by atoms with Gasteiger partial charge in [0, 0.05) is 12.0 Å². The second kappa shape index (κ2) is 4.25. The molecule has 0 heterocycles. The van der Waals surface area contributed by atoms with Crippen LogP contribution in [0.5, 0.6) is 0 Å². The van der Waals surface area contributed by atoms with Crippen LogP contribution in [-0.4, -0.2) is 11.9 Å². The molecular formula is C16H25NO. The highest BCUT2D eigenvalue weighted by Gasteiger charge is 2.54. The summed E-state index contributed by atoms with van der Waals surface area (Å²) >= 11 is 0. The van der Waals surface area contributed by atoms with Gasteiger partial charge in [0.15, 0.2) is 0 Å². The summed E-state index contributed by atoms with van der Waals surface area (Å²) in [6.07, 6.45) is 11.9. The maximum atomic E-state index is 12.3. The summed E-state index contributed by atoms with van der Waals surface area (Å²) in [7, 11) is 0. The molecule has 1 amide bonds. The summed E-state index contributed by atoms with van der Waals surface area (Å²) in [5, 5.41) is 3.43. The molecule has 5 atom stereocenters. The largest absolute Gasteiger partial charge is 0.353 e. The van der Waals surface area contributed by atoms with Crippen LogP contribution in [-0.2, 0) is 4.79 Å². The summed E-state index contributed by atoms with van der Waals surface area (Å²) in [6.45, 7) is 0. The first-order valence-corrected chi connectivity index (χ1v) is 8.13. The van der Waals surface area contributed by atoms with E-state index in [4.69, 9.17) is 0 Å². The lowest BCUT2D eigenvalue weighted by atomic mass is 9.79. The highest BCUT2D eigenvalue weighted by molar-refractivity contribution is 5.79. The Morgan fingerprint density at radius 1 is 0.833 bits per heavy atom. The Bertz CT molecular complexity index is 347. The lowest BCUT2D eigenvalue weighted by Gasteiger charge is -2.32. The van der Waals surface area contributed by atoms with Gasteiger partial charge in [-0.05, 0) is 62.2 Å². The topological polar surface area (TPSA) is 29.1 Å². The van der Waals surface area contributed by atoms with Crippen LogP contribution in [0.15, 0.2) is 0 Å². The van der Waals surface area contributed by atoms with Gasteiger partial charge in [-0.25, -0.2) is 0 Å². The van der Waals surface area contributed by atoms with Gasteiger partial charge in [0.1, 0.15) is 0 Å². The van der Waals surface area contributed by atoms with Crippen LogP contribution >= 0.6 is 0 Å². The third-order valence-corrected chi connectivity index (χ3v) is 6.48. The van der Waals surface area contributed by atoms with Gasteiger partial charge in [0.25, 0.3) is 0 Å². The Kier molecular flexibility index (Phi) is 2.67. The summed E-state index contributed by atoms with van der Waals surface area (Å²) < 4.78 is 0. The molecule has 4 fully saturated rings. The molecule has 1 N–H and O–H groups in total. The van der Waals surface area contributed by atoms with Gasteiger partial charge in [-0.1, -0.05) is 19.3 Å². The predicted molar refractivity (Wildman–Crippen MR) is 70.9 cm³/mol. The normalized spacial score (nSPS) is 46.6. The van der Waals surface area contributed by atoms with E-state index in [1.807, 2.05) is 0 Å². The lowest BCUT2D eigenvalue weighted by Crippen LogP contribution is -2.44. The van der Waals surface area contributed by atoms with Crippen molar-refractivity contribution in [1.29, 1.82) is 0 Å². The number of amides is 1. The molecule has 0 aromatic rings. The molecular weight excluding hydrogens is 222 g/mol. The van der Waals surface area contributed by atoms with Crippen molar-refractivity contribution in [1.82, 2.24) is 5.32 Å². The van der Waals surface area contributed by atoms with E-state index in [2.05, 4.69) is 5.32 Å². The first-order chi connectivity index (χ1) is 8.83. The van der Waals surface area contributed by atoms with Crippen molar-refractivity contribution in [2.24, 2.45) is 29.6 Å². The molecule has 2 bridgehead atoms. The van der Waals surface area contributed by atoms with E-state index in [1.165, 1.54) is 44.9 Å². The van der Waals surface area contributed by atoms with E-state index in [0.717, 1.165) is 36.5 Å². The molecule has 0 aromatic carbocycles. The molecule has 18 heavy (non-hydrogen) atoms. The van der Waals surface area contributed by atoms with Gasteiger partial charge in [0.2, 0.25) is 5.91 Å². The van der Waals surface area contributed by atoms with Crippen LogP contribution in [0.1, 0.15) is 57.8 Å². The van der Waals surface area contributed by atoms with Gasteiger partial charge in [-0.2, -0.15) is 0 Å². The van der Waals surface area contributed by atoms with Gasteiger partial charge < -0.3 is 5.32 Å². The van der Waals surface area contributed by atoms with E-state index >= 15 is 0 Å². The SMILES string of the molecule is O=C(N[C@@H]1C[C@H]2C[C@H]1[C@H]1CCC[C@@H]21)C1CCCC1. The van der Waals surface area contributed by atoms with Gasteiger partial charge in [0.05, 0.1) is 0 Å². The van der Waals surface area contributed by atoms with Crippen molar-refractivity contribution in [3.63, 3.8) is 0 Å². The average Bonchev–Trinajstić information content (AvgIpc) is 3.11. The van der Waals surface area contributed by atoms with Crippen molar-refractivity contribution < 1.29 is 4.79 Å². The van der Waals surface area contributed by atoms with Crippen LogP contribution in [0.2, 0.25) is 0 Å². The van der Waals surface area contributed by atoms with E-state index in [9.17, 15) is 4.79 Å². The van der Waals surface area contributed by atoms with Gasteiger partial charge in [-0.3, -0.25) is 4.79 Å². The number of nitrogens with one attached hydrogen (secondary N) is 1. The van der Waals surface area contributed by atoms with Crippen molar-refractivity contribution in [3.05, 3.63) is 0 Å². The zero-order valence-corrected chi connectivity index (χ0v) is 11.2. The number of rotatable bonds is 2. The molecule has 2 nitrogen and oxygen atoms in total. The van der Waals surface area contributed by atoms with Crippen LogP contribution in [0, 0.1) is 29.6 Å². The van der Waals surface area contributed by atoms with Crippen molar-refractivity contribution >= 4 is 5.91 Å². The van der Waals surface area contributed by atoms with Gasteiger partial charge in [-0.15, -0.1) is 0 Å². The minimum absolute atomic E-state index is 0.350. The van der Waals surface area contributed by atoms with Crippen LogP contribution < -0.4 is 5.32 Å². The van der Waals surface area contributed by atoms with Gasteiger partial charge >= 0.3 is 0 Å². The quantitative estimate of drug-likeness (QED) is 0.798. The number of carbonyl (C=O) groups is 1. The minimum Gasteiger partial charge on any atom is -0.353 e. The maximum absolute atomic E-state index is 12.3. The third kappa shape index (κ3) is 1.64. The van der Waals surface area contributed by atoms with E-state index in [0.29, 0.717) is 17.9 Å². The number of fused-ring (bicyclic) bond motifs is 5. The molecule has 0 aromatic heterocycles.